The molecule has 0 heterocycles. The number of carbonyl (C=O) groups excluding carboxylic acids is 1. The summed E-state index contributed by atoms with van der Waals surface area (Å²) >= 11 is 0. The molecule has 120 valence electrons. The van der Waals surface area contributed by atoms with Gasteiger partial charge >= 0.3 is 18.2 Å². The summed E-state index contributed by atoms with van der Waals surface area (Å²) in [5.74, 6) is -1.00. The average molecular weight is 308 g/mol. The first-order valence-corrected chi connectivity index (χ1v) is 7.07. The molecular formula is C13H19F3N2O3. The summed E-state index contributed by atoms with van der Waals surface area (Å²) in [7, 11) is 0. The Hall–Kier alpha value is -1.47. The molecule has 2 amide bonds. The van der Waals surface area contributed by atoms with E-state index in [2.05, 4.69) is 5.32 Å². The lowest BCUT2D eigenvalue weighted by molar-refractivity contribution is -0.163. The maximum atomic E-state index is 12.7. The molecule has 3 N–H and O–H groups in total. The normalized spacial score (nSPS) is 23.2. The van der Waals surface area contributed by atoms with E-state index in [1.165, 1.54) is 0 Å². The minimum absolute atomic E-state index is 0.131. The lowest BCUT2D eigenvalue weighted by atomic mass is 9.74. The van der Waals surface area contributed by atoms with Gasteiger partial charge in [0.15, 0.2) is 0 Å². The highest BCUT2D eigenvalue weighted by Crippen LogP contribution is 2.48. The number of hydrogen-bond donors (Lipinski definition) is 3. The van der Waals surface area contributed by atoms with Crippen molar-refractivity contribution < 1.29 is 27.9 Å². The number of halogens is 3. The fourth-order valence-electron chi connectivity index (χ4n) is 2.81. The molecule has 0 aromatic rings. The molecule has 0 aromatic heterocycles. The predicted octanol–water partition coefficient (Wildman–Crippen LogP) is 2.42. The van der Waals surface area contributed by atoms with Crippen molar-refractivity contribution in [1.82, 2.24) is 10.6 Å². The van der Waals surface area contributed by atoms with Crippen LogP contribution in [0.3, 0.4) is 0 Å². The number of aliphatic carboxylic acids is 1. The van der Waals surface area contributed by atoms with Crippen molar-refractivity contribution >= 4 is 12.0 Å². The Kier molecular flexibility index (Phi) is 4.08. The highest BCUT2D eigenvalue weighted by Gasteiger charge is 2.64. The molecule has 0 aliphatic heterocycles. The van der Waals surface area contributed by atoms with Gasteiger partial charge in [-0.2, -0.15) is 13.2 Å². The Bertz CT molecular complexity index is 427. The number of carbonyl (C=O) groups is 2. The van der Waals surface area contributed by atoms with Crippen LogP contribution in [0.25, 0.3) is 0 Å². The average Bonchev–Trinajstić information content (AvgIpc) is 3.18. The van der Waals surface area contributed by atoms with Gasteiger partial charge in [-0.15, -0.1) is 0 Å². The second-order valence-electron chi connectivity index (χ2n) is 6.03. The van der Waals surface area contributed by atoms with Crippen LogP contribution in [0.4, 0.5) is 18.0 Å². The zero-order chi connectivity index (χ0) is 15.7. The number of carboxylic acids is 1. The van der Waals surface area contributed by atoms with Gasteiger partial charge in [0.05, 0.1) is 5.41 Å². The third-order valence-corrected chi connectivity index (χ3v) is 4.50. The van der Waals surface area contributed by atoms with Crippen molar-refractivity contribution in [3.8, 4) is 0 Å². The summed E-state index contributed by atoms with van der Waals surface area (Å²) < 4.78 is 38.2. The van der Waals surface area contributed by atoms with Gasteiger partial charge < -0.3 is 15.7 Å². The molecule has 5 nitrogen and oxygen atoms in total. The van der Waals surface area contributed by atoms with E-state index < -0.39 is 29.1 Å². The van der Waals surface area contributed by atoms with Crippen LogP contribution in [0.5, 0.6) is 0 Å². The van der Waals surface area contributed by atoms with Crippen molar-refractivity contribution in [3.63, 3.8) is 0 Å². The molecule has 0 spiro atoms. The molecule has 21 heavy (non-hydrogen) atoms. The first kappa shape index (κ1) is 15.9. The topological polar surface area (TPSA) is 78.4 Å². The molecule has 0 radical (unpaired) electrons. The predicted molar refractivity (Wildman–Crippen MR) is 67.7 cm³/mol. The fraction of sp³-hybridized carbons (Fsp3) is 0.846. The lowest BCUT2D eigenvalue weighted by Gasteiger charge is -2.33. The fourth-order valence-corrected chi connectivity index (χ4v) is 2.81. The van der Waals surface area contributed by atoms with E-state index in [1.54, 1.807) is 0 Å². The van der Waals surface area contributed by atoms with E-state index in [4.69, 9.17) is 0 Å². The van der Waals surface area contributed by atoms with Crippen LogP contribution in [-0.4, -0.2) is 35.4 Å². The van der Waals surface area contributed by atoms with Gasteiger partial charge in [0.2, 0.25) is 0 Å². The zero-order valence-electron chi connectivity index (χ0n) is 11.6. The number of hydrogen-bond acceptors (Lipinski definition) is 2. The molecule has 2 fully saturated rings. The second-order valence-corrected chi connectivity index (χ2v) is 6.03. The van der Waals surface area contributed by atoms with E-state index in [9.17, 15) is 27.9 Å². The maximum absolute atomic E-state index is 12.7. The molecule has 0 atom stereocenters. The highest BCUT2D eigenvalue weighted by molar-refractivity contribution is 5.79. The standard InChI is InChI=1S/C13H19F3N2O3/c14-13(15,16)12(6-7-12)18-10(21)17-8-11(9(19)20)4-2-1-3-5-11/h1-8H2,(H,19,20)(H2,17,18,21). The van der Waals surface area contributed by atoms with Crippen LogP contribution in [0.15, 0.2) is 0 Å². The van der Waals surface area contributed by atoms with E-state index in [0.717, 1.165) is 19.3 Å². The van der Waals surface area contributed by atoms with Crippen LogP contribution in [0.1, 0.15) is 44.9 Å². The summed E-state index contributed by atoms with van der Waals surface area (Å²) in [6.07, 6.45) is -1.41. The minimum Gasteiger partial charge on any atom is -0.481 e. The van der Waals surface area contributed by atoms with Gasteiger partial charge in [-0.1, -0.05) is 19.3 Å². The van der Waals surface area contributed by atoms with Gasteiger partial charge in [-0.05, 0) is 25.7 Å². The third kappa shape index (κ3) is 3.24. The number of amides is 2. The summed E-state index contributed by atoms with van der Waals surface area (Å²) in [6, 6.07) is -0.948. The van der Waals surface area contributed by atoms with Crippen LogP contribution in [-0.2, 0) is 4.79 Å². The molecule has 2 rings (SSSR count). The van der Waals surface area contributed by atoms with Gasteiger partial charge in [0.25, 0.3) is 0 Å². The van der Waals surface area contributed by atoms with Gasteiger partial charge in [-0.3, -0.25) is 4.79 Å². The first-order valence-electron chi connectivity index (χ1n) is 7.07. The molecule has 0 saturated heterocycles. The third-order valence-electron chi connectivity index (χ3n) is 4.50. The Balaban J connectivity index is 1.90. The summed E-state index contributed by atoms with van der Waals surface area (Å²) in [5, 5.41) is 13.6. The monoisotopic (exact) mass is 308 g/mol. The summed E-state index contributed by atoms with van der Waals surface area (Å²) in [6.45, 7) is -0.137. The Morgan fingerprint density at radius 3 is 2.05 bits per heavy atom. The summed E-state index contributed by atoms with van der Waals surface area (Å²) in [5.41, 5.74) is -3.18. The van der Waals surface area contributed by atoms with Crippen molar-refractivity contribution in [2.75, 3.05) is 6.54 Å². The summed E-state index contributed by atoms with van der Waals surface area (Å²) in [4.78, 5) is 23.0. The van der Waals surface area contributed by atoms with Crippen LogP contribution in [0.2, 0.25) is 0 Å². The molecular weight excluding hydrogens is 289 g/mol. The van der Waals surface area contributed by atoms with Crippen LogP contribution >= 0.6 is 0 Å². The van der Waals surface area contributed by atoms with Crippen molar-refractivity contribution in [1.29, 1.82) is 0 Å². The zero-order valence-corrected chi connectivity index (χ0v) is 11.6. The van der Waals surface area contributed by atoms with E-state index >= 15 is 0 Å². The van der Waals surface area contributed by atoms with Crippen LogP contribution < -0.4 is 10.6 Å². The van der Waals surface area contributed by atoms with Crippen LogP contribution in [0, 0.1) is 5.41 Å². The molecule has 0 unspecified atom stereocenters. The van der Waals surface area contributed by atoms with E-state index in [-0.39, 0.29) is 19.4 Å². The van der Waals surface area contributed by atoms with Gasteiger partial charge in [0.1, 0.15) is 5.54 Å². The molecule has 8 heteroatoms. The Morgan fingerprint density at radius 1 is 1.05 bits per heavy atom. The number of alkyl halides is 3. The van der Waals surface area contributed by atoms with E-state index in [0.29, 0.717) is 12.8 Å². The number of urea groups is 1. The molecule has 0 aromatic carbocycles. The van der Waals surface area contributed by atoms with Crippen molar-refractivity contribution in [2.45, 2.75) is 56.7 Å². The van der Waals surface area contributed by atoms with Crippen molar-refractivity contribution in [3.05, 3.63) is 0 Å². The number of rotatable bonds is 4. The van der Waals surface area contributed by atoms with Gasteiger partial charge in [0, 0.05) is 6.54 Å². The van der Waals surface area contributed by atoms with E-state index in [1.807, 2.05) is 5.32 Å². The Labute approximate surface area is 120 Å². The largest absolute Gasteiger partial charge is 0.481 e. The molecule has 2 aliphatic carbocycles. The second kappa shape index (κ2) is 5.38. The smallest absolute Gasteiger partial charge is 0.411 e. The Morgan fingerprint density at radius 2 is 1.62 bits per heavy atom. The minimum atomic E-state index is -4.47. The number of carboxylic acid groups (broad SMARTS) is 1. The molecule has 2 saturated carbocycles. The maximum Gasteiger partial charge on any atom is 0.411 e. The van der Waals surface area contributed by atoms with Crippen molar-refractivity contribution in [2.24, 2.45) is 5.41 Å². The highest BCUT2D eigenvalue weighted by atomic mass is 19.4. The molecule has 0 bridgehead atoms. The lowest BCUT2D eigenvalue weighted by Crippen LogP contribution is -2.54. The molecule has 2 aliphatic rings. The number of nitrogens with one attached hydrogen (secondary N) is 2. The first-order chi connectivity index (χ1) is 9.71. The SMILES string of the molecule is O=C(NCC1(C(=O)O)CCCCC1)NC1(C(F)(F)F)CC1. The van der Waals surface area contributed by atoms with Gasteiger partial charge in [-0.25, -0.2) is 4.79 Å². The quantitative estimate of drug-likeness (QED) is 0.746.